The fraction of sp³-hybridized carbons (Fsp3) is 0.538. The van der Waals surface area contributed by atoms with Crippen LogP contribution in [-0.2, 0) is 0 Å². The molecule has 0 fully saturated rings. The van der Waals surface area contributed by atoms with Crippen LogP contribution in [0.4, 0.5) is 0 Å². The summed E-state index contributed by atoms with van der Waals surface area (Å²) < 4.78 is 0. The lowest BCUT2D eigenvalue weighted by Gasteiger charge is -2.03. The van der Waals surface area contributed by atoms with Gasteiger partial charge in [0.15, 0.2) is 0 Å². The maximum Gasteiger partial charge on any atom is -0.0108 e. The van der Waals surface area contributed by atoms with E-state index in [1.165, 1.54) is 0 Å². The molecule has 0 saturated heterocycles. The van der Waals surface area contributed by atoms with Gasteiger partial charge in [0.25, 0.3) is 0 Å². The summed E-state index contributed by atoms with van der Waals surface area (Å²) in [6.07, 6.45) is 0. The molecule has 2 aliphatic carbocycles. The highest BCUT2D eigenvalue weighted by Crippen LogP contribution is 2.52. The maximum absolute atomic E-state index is 2.41. The highest BCUT2D eigenvalue weighted by molar-refractivity contribution is 5.95. The third-order valence-corrected chi connectivity index (χ3v) is 3.07. The molecule has 0 aromatic carbocycles. The number of hydrogen-bond acceptors (Lipinski definition) is 0. The lowest BCUT2D eigenvalue weighted by molar-refractivity contribution is 0.853. The van der Waals surface area contributed by atoms with Crippen LogP contribution in [0.15, 0.2) is 6.07 Å². The highest BCUT2D eigenvalue weighted by atomic mass is 14.3. The van der Waals surface area contributed by atoms with Crippen molar-refractivity contribution in [1.82, 2.24) is 0 Å². The quantitative estimate of drug-likeness (QED) is 0.639. The van der Waals surface area contributed by atoms with Gasteiger partial charge in [-0.3, -0.25) is 0 Å². The zero-order chi connectivity index (χ0) is 9.75. The fourth-order valence-corrected chi connectivity index (χ4v) is 2.23. The molecular weight excluding hydrogens is 156 g/mol. The predicted octanol–water partition coefficient (Wildman–Crippen LogP) is 4.22. The molecule has 0 saturated carbocycles. The minimum absolute atomic E-state index is 0.679. The van der Waals surface area contributed by atoms with Crippen LogP contribution in [0.25, 0.3) is 11.1 Å². The van der Waals surface area contributed by atoms with E-state index in [9.17, 15) is 0 Å². The van der Waals surface area contributed by atoms with Gasteiger partial charge in [0, 0.05) is 0 Å². The highest BCUT2D eigenvalue weighted by Gasteiger charge is 2.31. The SMILES string of the molecule is Cc1c2c(C(C)C)cc(C(C)C)c1-2. The van der Waals surface area contributed by atoms with Crippen molar-refractivity contribution in [1.29, 1.82) is 0 Å². The first kappa shape index (κ1) is 8.80. The average Bonchev–Trinajstić information content (AvgIpc) is 2.56. The lowest BCUT2D eigenvalue weighted by atomic mass is 10.0. The van der Waals surface area contributed by atoms with E-state index in [4.69, 9.17) is 0 Å². The van der Waals surface area contributed by atoms with E-state index in [-0.39, 0.29) is 0 Å². The molecule has 0 aliphatic heterocycles. The van der Waals surface area contributed by atoms with Crippen molar-refractivity contribution in [3.63, 3.8) is 0 Å². The van der Waals surface area contributed by atoms with Crippen LogP contribution in [0.5, 0.6) is 0 Å². The Hall–Kier alpha value is -0.780. The normalized spacial score (nSPS) is 12.8. The van der Waals surface area contributed by atoms with Crippen molar-refractivity contribution < 1.29 is 0 Å². The molecule has 2 rings (SSSR count). The fourth-order valence-electron chi connectivity index (χ4n) is 2.23. The lowest BCUT2D eigenvalue weighted by Crippen LogP contribution is -1.85. The van der Waals surface area contributed by atoms with Crippen LogP contribution in [0.3, 0.4) is 0 Å². The Morgan fingerprint density at radius 2 is 1.23 bits per heavy atom. The molecular formula is C13H18. The first-order chi connectivity index (χ1) is 6.04. The maximum atomic E-state index is 2.41. The molecule has 0 heteroatoms. The van der Waals surface area contributed by atoms with E-state index in [1.807, 2.05) is 0 Å². The summed E-state index contributed by atoms with van der Waals surface area (Å²) in [4.78, 5) is 0. The van der Waals surface area contributed by atoms with Crippen molar-refractivity contribution >= 4 is 0 Å². The van der Waals surface area contributed by atoms with Gasteiger partial charge in [0.1, 0.15) is 0 Å². The summed E-state index contributed by atoms with van der Waals surface area (Å²) in [5.74, 6) is 1.36. The summed E-state index contributed by atoms with van der Waals surface area (Å²) >= 11 is 0. The second-order valence-corrected chi connectivity index (χ2v) is 4.74. The van der Waals surface area contributed by atoms with Gasteiger partial charge < -0.3 is 0 Å². The molecule has 0 atom stereocenters. The van der Waals surface area contributed by atoms with E-state index in [0.717, 1.165) is 0 Å². The monoisotopic (exact) mass is 174 g/mol. The molecule has 0 heterocycles. The molecule has 0 bridgehead atoms. The molecule has 13 heavy (non-hydrogen) atoms. The van der Waals surface area contributed by atoms with Crippen LogP contribution in [0.1, 0.15) is 56.2 Å². The van der Waals surface area contributed by atoms with E-state index >= 15 is 0 Å². The summed E-state index contributed by atoms with van der Waals surface area (Å²) in [5, 5.41) is 0. The molecule has 0 amide bonds. The Balaban J connectivity index is 2.47. The van der Waals surface area contributed by atoms with Gasteiger partial charge in [-0.1, -0.05) is 33.8 Å². The number of benzene rings is 1. The molecule has 70 valence electrons. The first-order valence-corrected chi connectivity index (χ1v) is 5.21. The Morgan fingerprint density at radius 1 is 0.846 bits per heavy atom. The van der Waals surface area contributed by atoms with Gasteiger partial charge in [-0.2, -0.15) is 0 Å². The van der Waals surface area contributed by atoms with E-state index in [1.54, 1.807) is 27.8 Å². The second-order valence-electron chi connectivity index (χ2n) is 4.74. The number of aryl methyl sites for hydroxylation is 1. The smallest absolute Gasteiger partial charge is 0.0108 e. The van der Waals surface area contributed by atoms with Gasteiger partial charge in [-0.25, -0.2) is 0 Å². The van der Waals surface area contributed by atoms with Crippen LogP contribution in [0, 0.1) is 6.92 Å². The largest absolute Gasteiger partial charge is 0.0587 e. The second kappa shape index (κ2) is 2.60. The topological polar surface area (TPSA) is 0 Å². The predicted molar refractivity (Wildman–Crippen MR) is 58.4 cm³/mol. The summed E-state index contributed by atoms with van der Waals surface area (Å²) in [7, 11) is 0. The van der Waals surface area contributed by atoms with Gasteiger partial charge in [-0.05, 0) is 46.6 Å². The molecule has 0 aromatic heterocycles. The van der Waals surface area contributed by atoms with Crippen LogP contribution >= 0.6 is 0 Å². The number of fused-ring (bicyclic) bond motifs is 1. The van der Waals surface area contributed by atoms with Crippen LogP contribution in [-0.4, -0.2) is 0 Å². The third-order valence-electron chi connectivity index (χ3n) is 3.07. The standard InChI is InChI=1S/C13H18/c1-7(2)10-6-11(8(3)4)13-9(5)12(10)13/h6-8H,1-5H3. The van der Waals surface area contributed by atoms with Crippen molar-refractivity contribution in [2.24, 2.45) is 0 Å². The Kier molecular flexibility index (Phi) is 1.76. The van der Waals surface area contributed by atoms with Crippen molar-refractivity contribution in [3.05, 3.63) is 22.8 Å². The minimum atomic E-state index is 0.679. The number of hydrogen-bond donors (Lipinski definition) is 0. The van der Waals surface area contributed by atoms with Crippen LogP contribution < -0.4 is 0 Å². The summed E-state index contributed by atoms with van der Waals surface area (Å²) in [5.41, 5.74) is 7.85. The summed E-state index contributed by atoms with van der Waals surface area (Å²) in [6, 6.07) is 2.41. The van der Waals surface area contributed by atoms with Gasteiger partial charge in [0.05, 0.1) is 0 Å². The average molecular weight is 174 g/mol. The van der Waals surface area contributed by atoms with Crippen molar-refractivity contribution in [2.75, 3.05) is 0 Å². The van der Waals surface area contributed by atoms with Crippen molar-refractivity contribution in [3.8, 4) is 11.1 Å². The molecule has 0 radical (unpaired) electrons. The zero-order valence-electron chi connectivity index (χ0n) is 9.23. The van der Waals surface area contributed by atoms with E-state index in [2.05, 4.69) is 40.7 Å². The molecule has 0 unspecified atom stereocenters. The van der Waals surface area contributed by atoms with Crippen LogP contribution in [0.2, 0.25) is 0 Å². The van der Waals surface area contributed by atoms with Gasteiger partial charge in [-0.15, -0.1) is 0 Å². The zero-order valence-corrected chi connectivity index (χ0v) is 9.23. The van der Waals surface area contributed by atoms with Gasteiger partial charge in [0.2, 0.25) is 0 Å². The molecule has 0 spiro atoms. The summed E-state index contributed by atoms with van der Waals surface area (Å²) in [6.45, 7) is 11.4. The van der Waals surface area contributed by atoms with E-state index < -0.39 is 0 Å². The Bertz CT molecular complexity index is 325. The van der Waals surface area contributed by atoms with Gasteiger partial charge >= 0.3 is 0 Å². The van der Waals surface area contributed by atoms with Crippen molar-refractivity contribution in [2.45, 2.75) is 46.5 Å². The molecule has 0 nitrogen and oxygen atoms in total. The first-order valence-electron chi connectivity index (χ1n) is 5.21. The molecule has 0 aromatic rings. The Morgan fingerprint density at radius 3 is 1.46 bits per heavy atom. The Labute approximate surface area is 81.0 Å². The minimum Gasteiger partial charge on any atom is -0.0587 e. The third kappa shape index (κ3) is 1.12. The number of rotatable bonds is 2. The van der Waals surface area contributed by atoms with E-state index in [0.29, 0.717) is 11.8 Å². The molecule has 2 aliphatic rings. The molecule has 0 N–H and O–H groups in total.